The highest BCUT2D eigenvalue weighted by atomic mass is 35.5. The van der Waals surface area contributed by atoms with Crippen molar-refractivity contribution in [3.8, 4) is 0 Å². The van der Waals surface area contributed by atoms with Crippen molar-refractivity contribution in [2.45, 2.75) is 33.2 Å². The third-order valence-corrected chi connectivity index (χ3v) is 3.92. The second-order valence-corrected chi connectivity index (χ2v) is 5.83. The van der Waals surface area contributed by atoms with Gasteiger partial charge in [-0.2, -0.15) is 0 Å². The molecule has 1 nitrogen and oxygen atoms in total. The van der Waals surface area contributed by atoms with E-state index in [0.717, 1.165) is 18.5 Å². The fourth-order valence-electron chi connectivity index (χ4n) is 2.54. The van der Waals surface area contributed by atoms with Crippen molar-refractivity contribution < 1.29 is 4.39 Å². The Hall–Kier alpha value is -1.38. The molecule has 0 saturated carbocycles. The van der Waals surface area contributed by atoms with Crippen LogP contribution in [0.15, 0.2) is 36.4 Å². The standard InChI is InChI=1S/C18H21ClFN/c1-4-9-21-18(14-6-8-16(19)17(20)11-14)15-7-5-12(2)10-13(15)3/h5-8,10-11,18,21H,4,9H2,1-3H3. The Balaban J connectivity index is 2.44. The van der Waals surface area contributed by atoms with Gasteiger partial charge in [-0.15, -0.1) is 0 Å². The molecule has 0 heterocycles. The molecule has 3 heteroatoms. The highest BCUT2D eigenvalue weighted by Gasteiger charge is 2.16. The van der Waals surface area contributed by atoms with Gasteiger partial charge in [-0.05, 0) is 55.6 Å². The van der Waals surface area contributed by atoms with Crippen LogP contribution < -0.4 is 5.32 Å². The third-order valence-electron chi connectivity index (χ3n) is 3.61. The normalized spacial score (nSPS) is 12.4. The topological polar surface area (TPSA) is 12.0 Å². The Labute approximate surface area is 131 Å². The van der Waals surface area contributed by atoms with E-state index in [1.54, 1.807) is 6.07 Å². The molecule has 2 aromatic rings. The largest absolute Gasteiger partial charge is 0.306 e. The Bertz CT molecular complexity index is 625. The van der Waals surface area contributed by atoms with Gasteiger partial charge in [0, 0.05) is 0 Å². The molecule has 1 N–H and O–H groups in total. The van der Waals surface area contributed by atoms with E-state index in [-0.39, 0.29) is 16.9 Å². The van der Waals surface area contributed by atoms with Crippen LogP contribution in [-0.2, 0) is 0 Å². The fourth-order valence-corrected chi connectivity index (χ4v) is 2.66. The summed E-state index contributed by atoms with van der Waals surface area (Å²) in [7, 11) is 0. The van der Waals surface area contributed by atoms with Crippen LogP contribution in [0.3, 0.4) is 0 Å². The summed E-state index contributed by atoms with van der Waals surface area (Å²) in [6.07, 6.45) is 1.03. The first-order valence-corrected chi connectivity index (χ1v) is 7.66. The van der Waals surface area contributed by atoms with Gasteiger partial charge >= 0.3 is 0 Å². The number of nitrogens with one attached hydrogen (secondary N) is 1. The molecule has 0 aliphatic heterocycles. The van der Waals surface area contributed by atoms with Crippen LogP contribution in [0.1, 0.15) is 41.6 Å². The van der Waals surface area contributed by atoms with E-state index in [2.05, 4.69) is 44.3 Å². The minimum absolute atomic E-state index is 0.0164. The number of hydrogen-bond donors (Lipinski definition) is 1. The second-order valence-electron chi connectivity index (χ2n) is 5.42. The van der Waals surface area contributed by atoms with Gasteiger partial charge in [0.1, 0.15) is 5.82 Å². The lowest BCUT2D eigenvalue weighted by Gasteiger charge is -2.22. The Morgan fingerprint density at radius 2 is 1.90 bits per heavy atom. The first kappa shape index (κ1) is 16.0. The molecule has 0 fully saturated rings. The van der Waals surface area contributed by atoms with Crippen LogP contribution in [-0.4, -0.2) is 6.54 Å². The quantitative estimate of drug-likeness (QED) is 0.802. The predicted molar refractivity (Wildman–Crippen MR) is 87.5 cm³/mol. The zero-order valence-electron chi connectivity index (χ0n) is 12.7. The highest BCUT2D eigenvalue weighted by Crippen LogP contribution is 2.28. The number of rotatable bonds is 5. The molecule has 0 aliphatic rings. The van der Waals surface area contributed by atoms with Crippen molar-refractivity contribution in [1.82, 2.24) is 5.32 Å². The SMILES string of the molecule is CCCNC(c1ccc(Cl)c(F)c1)c1ccc(C)cc1C. The summed E-state index contributed by atoms with van der Waals surface area (Å²) in [5, 5.41) is 3.66. The summed E-state index contributed by atoms with van der Waals surface area (Å²) in [4.78, 5) is 0. The number of hydrogen-bond acceptors (Lipinski definition) is 1. The molecule has 0 saturated heterocycles. The molecule has 0 aliphatic carbocycles. The van der Waals surface area contributed by atoms with Crippen LogP contribution in [0.4, 0.5) is 4.39 Å². The lowest BCUT2D eigenvalue weighted by Crippen LogP contribution is -2.24. The maximum Gasteiger partial charge on any atom is 0.142 e. The highest BCUT2D eigenvalue weighted by molar-refractivity contribution is 6.30. The van der Waals surface area contributed by atoms with E-state index in [4.69, 9.17) is 11.6 Å². The molecule has 1 unspecified atom stereocenters. The Morgan fingerprint density at radius 3 is 2.52 bits per heavy atom. The van der Waals surface area contributed by atoms with E-state index < -0.39 is 0 Å². The van der Waals surface area contributed by atoms with Gasteiger partial charge in [0.25, 0.3) is 0 Å². The number of benzene rings is 2. The van der Waals surface area contributed by atoms with Crippen LogP contribution in [0.25, 0.3) is 0 Å². The maximum absolute atomic E-state index is 13.8. The molecule has 2 aromatic carbocycles. The molecule has 0 radical (unpaired) electrons. The summed E-state index contributed by atoms with van der Waals surface area (Å²) >= 11 is 5.79. The number of halogens is 2. The zero-order chi connectivity index (χ0) is 15.4. The molecule has 0 spiro atoms. The zero-order valence-corrected chi connectivity index (χ0v) is 13.5. The minimum atomic E-state index is -0.373. The second kappa shape index (κ2) is 7.06. The van der Waals surface area contributed by atoms with Gasteiger partial charge in [0.15, 0.2) is 0 Å². The van der Waals surface area contributed by atoms with Crippen LogP contribution in [0, 0.1) is 19.7 Å². The summed E-state index contributed by atoms with van der Waals surface area (Å²) in [6.45, 7) is 7.17. The van der Waals surface area contributed by atoms with Gasteiger partial charge in [-0.1, -0.05) is 48.4 Å². The van der Waals surface area contributed by atoms with E-state index in [1.807, 2.05) is 6.07 Å². The minimum Gasteiger partial charge on any atom is -0.306 e. The third kappa shape index (κ3) is 3.84. The molecular weight excluding hydrogens is 285 g/mol. The van der Waals surface area contributed by atoms with Gasteiger partial charge in [0.2, 0.25) is 0 Å². The van der Waals surface area contributed by atoms with Crippen LogP contribution in [0.5, 0.6) is 0 Å². The Kier molecular flexibility index (Phi) is 5.38. The smallest absolute Gasteiger partial charge is 0.142 e. The first-order chi connectivity index (χ1) is 10.0. The van der Waals surface area contributed by atoms with Gasteiger partial charge in [-0.3, -0.25) is 0 Å². The summed E-state index contributed by atoms with van der Waals surface area (Å²) in [5.74, 6) is -0.373. The van der Waals surface area contributed by atoms with Gasteiger partial charge in [0.05, 0.1) is 11.1 Å². The van der Waals surface area contributed by atoms with Crippen molar-refractivity contribution in [2.75, 3.05) is 6.54 Å². The Morgan fingerprint density at radius 1 is 1.14 bits per heavy atom. The lowest BCUT2D eigenvalue weighted by molar-refractivity contribution is 0.584. The molecule has 112 valence electrons. The molecule has 0 amide bonds. The van der Waals surface area contributed by atoms with E-state index in [1.165, 1.54) is 22.8 Å². The van der Waals surface area contributed by atoms with Gasteiger partial charge < -0.3 is 5.32 Å². The molecule has 2 rings (SSSR count). The summed E-state index contributed by atoms with van der Waals surface area (Å²) < 4.78 is 13.8. The fraction of sp³-hybridized carbons (Fsp3) is 0.333. The number of aryl methyl sites for hydroxylation is 2. The summed E-state index contributed by atoms with van der Waals surface area (Å²) in [6, 6.07) is 11.4. The van der Waals surface area contributed by atoms with E-state index >= 15 is 0 Å². The lowest BCUT2D eigenvalue weighted by atomic mass is 9.93. The van der Waals surface area contributed by atoms with Crippen molar-refractivity contribution >= 4 is 11.6 Å². The molecule has 21 heavy (non-hydrogen) atoms. The summed E-state index contributed by atoms with van der Waals surface area (Å²) in [5.41, 5.74) is 4.51. The average Bonchev–Trinajstić information content (AvgIpc) is 2.44. The van der Waals surface area contributed by atoms with Gasteiger partial charge in [-0.25, -0.2) is 4.39 Å². The van der Waals surface area contributed by atoms with E-state index in [0.29, 0.717) is 0 Å². The first-order valence-electron chi connectivity index (χ1n) is 7.28. The van der Waals surface area contributed by atoms with Crippen molar-refractivity contribution in [3.63, 3.8) is 0 Å². The van der Waals surface area contributed by atoms with Crippen LogP contribution in [0.2, 0.25) is 5.02 Å². The van der Waals surface area contributed by atoms with Crippen molar-refractivity contribution in [1.29, 1.82) is 0 Å². The molecular formula is C18H21ClFN. The van der Waals surface area contributed by atoms with Crippen molar-refractivity contribution in [3.05, 3.63) is 69.5 Å². The maximum atomic E-state index is 13.8. The monoisotopic (exact) mass is 305 g/mol. The predicted octanol–water partition coefficient (Wildman–Crippen LogP) is 5.18. The molecule has 0 bridgehead atoms. The molecule has 0 aromatic heterocycles. The van der Waals surface area contributed by atoms with Crippen molar-refractivity contribution in [2.24, 2.45) is 0 Å². The average molecular weight is 306 g/mol. The van der Waals surface area contributed by atoms with Crippen LogP contribution >= 0.6 is 11.6 Å². The molecule has 1 atom stereocenters. The van der Waals surface area contributed by atoms with E-state index in [9.17, 15) is 4.39 Å².